The summed E-state index contributed by atoms with van der Waals surface area (Å²) < 4.78 is 3.09. The number of benzene rings is 1. The summed E-state index contributed by atoms with van der Waals surface area (Å²) in [5.41, 5.74) is 3.99. The van der Waals surface area contributed by atoms with E-state index in [4.69, 9.17) is 11.6 Å². The first-order chi connectivity index (χ1) is 11.3. The highest BCUT2D eigenvalue weighted by Gasteiger charge is 2.14. The van der Waals surface area contributed by atoms with Gasteiger partial charge in [0.25, 0.3) is 0 Å². The average Bonchev–Trinajstić information content (AvgIpc) is 2.74. The van der Waals surface area contributed by atoms with Crippen LogP contribution >= 0.6 is 34.2 Å². The standard InChI is InChI=1S/C18H23ClIN3O/c1-11(2)10-23-13(4)15(12(3)22-23)6-8-18(24)21-17-7-5-14(20)9-16(17)19/h5,7,9,11H,6,8,10H2,1-4H3,(H,21,24). The molecule has 0 radical (unpaired) electrons. The van der Waals surface area contributed by atoms with Gasteiger partial charge in [0, 0.05) is 22.2 Å². The number of carbonyl (C=O) groups excluding carboxylic acids is 1. The summed E-state index contributed by atoms with van der Waals surface area (Å²) in [5, 5.41) is 8.05. The Hall–Kier alpha value is -1.08. The fourth-order valence-electron chi connectivity index (χ4n) is 2.66. The number of nitrogens with one attached hydrogen (secondary N) is 1. The minimum absolute atomic E-state index is 0.0338. The molecule has 130 valence electrons. The Balaban J connectivity index is 2.00. The van der Waals surface area contributed by atoms with E-state index in [2.05, 4.69) is 53.8 Å². The predicted octanol–water partition coefficient (Wildman–Crippen LogP) is 4.99. The first-order valence-electron chi connectivity index (χ1n) is 8.05. The molecule has 0 unspecified atom stereocenters. The highest BCUT2D eigenvalue weighted by Crippen LogP contribution is 2.24. The van der Waals surface area contributed by atoms with Crippen molar-refractivity contribution in [2.24, 2.45) is 5.92 Å². The Labute approximate surface area is 162 Å². The van der Waals surface area contributed by atoms with Gasteiger partial charge in [-0.25, -0.2) is 0 Å². The molecule has 1 N–H and O–H groups in total. The molecule has 1 aromatic carbocycles. The molecule has 0 aliphatic heterocycles. The Morgan fingerprint density at radius 3 is 2.71 bits per heavy atom. The molecule has 24 heavy (non-hydrogen) atoms. The molecule has 0 aliphatic rings. The summed E-state index contributed by atoms with van der Waals surface area (Å²) in [7, 11) is 0. The molecular weight excluding hydrogens is 437 g/mol. The van der Waals surface area contributed by atoms with Crippen molar-refractivity contribution in [2.75, 3.05) is 5.32 Å². The summed E-state index contributed by atoms with van der Waals surface area (Å²) in [6.07, 6.45) is 1.10. The SMILES string of the molecule is Cc1nn(CC(C)C)c(C)c1CCC(=O)Nc1ccc(I)cc1Cl. The van der Waals surface area contributed by atoms with E-state index in [1.807, 2.05) is 29.8 Å². The number of hydrogen-bond acceptors (Lipinski definition) is 2. The minimum atomic E-state index is -0.0338. The van der Waals surface area contributed by atoms with Gasteiger partial charge in [-0.3, -0.25) is 9.48 Å². The van der Waals surface area contributed by atoms with Crippen LogP contribution < -0.4 is 5.32 Å². The van der Waals surface area contributed by atoms with E-state index in [-0.39, 0.29) is 5.91 Å². The van der Waals surface area contributed by atoms with E-state index >= 15 is 0 Å². The zero-order valence-electron chi connectivity index (χ0n) is 14.5. The largest absolute Gasteiger partial charge is 0.325 e. The van der Waals surface area contributed by atoms with Gasteiger partial charge in [0.2, 0.25) is 5.91 Å². The molecule has 0 spiro atoms. The van der Waals surface area contributed by atoms with Crippen molar-refractivity contribution >= 4 is 45.8 Å². The second-order valence-electron chi connectivity index (χ2n) is 6.40. The second-order valence-corrected chi connectivity index (χ2v) is 8.05. The van der Waals surface area contributed by atoms with Gasteiger partial charge in [-0.05, 0) is 72.5 Å². The first-order valence-corrected chi connectivity index (χ1v) is 9.51. The number of nitrogens with zero attached hydrogens (tertiary/aromatic N) is 2. The third kappa shape index (κ3) is 4.96. The minimum Gasteiger partial charge on any atom is -0.325 e. The summed E-state index contributed by atoms with van der Waals surface area (Å²) >= 11 is 8.35. The third-order valence-corrected chi connectivity index (χ3v) is 4.86. The lowest BCUT2D eigenvalue weighted by Crippen LogP contribution is -2.13. The predicted molar refractivity (Wildman–Crippen MR) is 108 cm³/mol. The molecule has 0 bridgehead atoms. The number of halogens is 2. The summed E-state index contributed by atoms with van der Waals surface area (Å²) in [6.45, 7) is 9.33. The van der Waals surface area contributed by atoms with E-state index < -0.39 is 0 Å². The number of hydrogen-bond donors (Lipinski definition) is 1. The van der Waals surface area contributed by atoms with Gasteiger partial charge in [0.05, 0.1) is 16.4 Å². The molecule has 0 atom stereocenters. The van der Waals surface area contributed by atoms with Crippen LogP contribution in [0.3, 0.4) is 0 Å². The Kier molecular flexibility index (Phi) is 6.69. The van der Waals surface area contributed by atoms with Crippen molar-refractivity contribution in [3.63, 3.8) is 0 Å². The van der Waals surface area contributed by atoms with Gasteiger partial charge >= 0.3 is 0 Å². The number of rotatable bonds is 6. The van der Waals surface area contributed by atoms with Crippen molar-refractivity contribution in [2.45, 2.75) is 47.1 Å². The van der Waals surface area contributed by atoms with Crippen molar-refractivity contribution in [1.29, 1.82) is 0 Å². The first kappa shape index (κ1) is 19.2. The molecular formula is C18H23ClIN3O. The second kappa shape index (κ2) is 8.34. The lowest BCUT2D eigenvalue weighted by molar-refractivity contribution is -0.116. The van der Waals surface area contributed by atoms with Crippen LogP contribution in [0.5, 0.6) is 0 Å². The van der Waals surface area contributed by atoms with Gasteiger partial charge in [-0.1, -0.05) is 25.4 Å². The molecule has 0 saturated heterocycles. The van der Waals surface area contributed by atoms with Gasteiger partial charge in [0.15, 0.2) is 0 Å². The maximum Gasteiger partial charge on any atom is 0.224 e. The van der Waals surface area contributed by atoms with Crippen LogP contribution in [0.4, 0.5) is 5.69 Å². The summed E-state index contributed by atoms with van der Waals surface area (Å²) in [5.74, 6) is 0.510. The number of anilines is 1. The molecule has 1 aromatic heterocycles. The van der Waals surface area contributed by atoms with Crippen LogP contribution in [0.15, 0.2) is 18.2 Å². The highest BCUT2D eigenvalue weighted by atomic mass is 127. The Morgan fingerprint density at radius 1 is 1.38 bits per heavy atom. The van der Waals surface area contributed by atoms with Crippen LogP contribution in [-0.4, -0.2) is 15.7 Å². The van der Waals surface area contributed by atoms with Gasteiger partial charge in [-0.2, -0.15) is 5.10 Å². The topological polar surface area (TPSA) is 46.9 Å². The highest BCUT2D eigenvalue weighted by molar-refractivity contribution is 14.1. The van der Waals surface area contributed by atoms with Gasteiger partial charge in [0.1, 0.15) is 0 Å². The lowest BCUT2D eigenvalue weighted by Gasteiger charge is -2.09. The Bertz CT molecular complexity index is 740. The monoisotopic (exact) mass is 459 g/mol. The molecule has 0 saturated carbocycles. The van der Waals surface area contributed by atoms with Crippen molar-refractivity contribution < 1.29 is 4.79 Å². The fourth-order valence-corrected chi connectivity index (χ4v) is 3.56. The van der Waals surface area contributed by atoms with E-state index in [1.54, 1.807) is 0 Å². The molecule has 1 heterocycles. The van der Waals surface area contributed by atoms with Gasteiger partial charge < -0.3 is 5.32 Å². The molecule has 2 rings (SSSR count). The van der Waals surface area contributed by atoms with E-state index in [0.717, 1.165) is 21.5 Å². The average molecular weight is 460 g/mol. The molecule has 6 heteroatoms. The van der Waals surface area contributed by atoms with Crippen LogP contribution in [0.1, 0.15) is 37.2 Å². The zero-order chi connectivity index (χ0) is 17.9. The molecule has 4 nitrogen and oxygen atoms in total. The van der Waals surface area contributed by atoms with Crippen LogP contribution in [-0.2, 0) is 17.8 Å². The molecule has 0 aliphatic carbocycles. The third-order valence-electron chi connectivity index (χ3n) is 3.88. The summed E-state index contributed by atoms with van der Waals surface area (Å²) in [4.78, 5) is 12.2. The van der Waals surface area contributed by atoms with E-state index in [0.29, 0.717) is 29.5 Å². The van der Waals surface area contributed by atoms with Crippen LogP contribution in [0.25, 0.3) is 0 Å². The van der Waals surface area contributed by atoms with E-state index in [1.165, 1.54) is 5.56 Å². The maximum atomic E-state index is 12.2. The molecule has 2 aromatic rings. The van der Waals surface area contributed by atoms with Crippen molar-refractivity contribution in [1.82, 2.24) is 9.78 Å². The normalized spacial score (nSPS) is 11.1. The number of carbonyl (C=O) groups is 1. The maximum absolute atomic E-state index is 12.2. The molecule has 0 fully saturated rings. The zero-order valence-corrected chi connectivity index (χ0v) is 17.4. The smallest absolute Gasteiger partial charge is 0.224 e. The van der Waals surface area contributed by atoms with Crippen LogP contribution in [0.2, 0.25) is 5.02 Å². The lowest BCUT2D eigenvalue weighted by atomic mass is 10.1. The van der Waals surface area contributed by atoms with Crippen LogP contribution in [0, 0.1) is 23.3 Å². The quantitative estimate of drug-likeness (QED) is 0.619. The number of aromatic nitrogens is 2. The van der Waals surface area contributed by atoms with Crippen molar-refractivity contribution in [3.8, 4) is 0 Å². The Morgan fingerprint density at radius 2 is 2.08 bits per heavy atom. The number of amides is 1. The molecule has 1 amide bonds. The van der Waals surface area contributed by atoms with E-state index in [9.17, 15) is 4.79 Å². The number of aryl methyl sites for hydroxylation is 1. The fraction of sp³-hybridized carbons (Fsp3) is 0.444. The summed E-state index contributed by atoms with van der Waals surface area (Å²) in [6, 6.07) is 5.59. The van der Waals surface area contributed by atoms with Crippen molar-refractivity contribution in [3.05, 3.63) is 43.7 Å². The van der Waals surface area contributed by atoms with Gasteiger partial charge in [-0.15, -0.1) is 0 Å².